The summed E-state index contributed by atoms with van der Waals surface area (Å²) in [5.74, 6) is -0.733. The van der Waals surface area contributed by atoms with Gasteiger partial charge in [0.2, 0.25) is 11.8 Å². The molecule has 23 heavy (non-hydrogen) atoms. The fourth-order valence-corrected chi connectivity index (χ4v) is 3.93. The summed E-state index contributed by atoms with van der Waals surface area (Å²) in [5, 5.41) is 5.04. The SMILES string of the molecule is O=C(COCc1ccccc1)NCC(=O)N[C@@H]1CCS(=O)(=O)C1. The second kappa shape index (κ2) is 8.07. The van der Waals surface area contributed by atoms with E-state index < -0.39 is 21.7 Å². The molecule has 0 saturated carbocycles. The van der Waals surface area contributed by atoms with Gasteiger partial charge >= 0.3 is 0 Å². The molecule has 0 unspecified atom stereocenters. The van der Waals surface area contributed by atoms with Crippen LogP contribution in [0.5, 0.6) is 0 Å². The van der Waals surface area contributed by atoms with Crippen LogP contribution >= 0.6 is 0 Å². The van der Waals surface area contributed by atoms with Gasteiger partial charge in [0.25, 0.3) is 0 Å². The molecular formula is C15H20N2O5S. The van der Waals surface area contributed by atoms with Gasteiger partial charge in [0.15, 0.2) is 9.84 Å². The zero-order chi connectivity index (χ0) is 16.7. The van der Waals surface area contributed by atoms with Crippen molar-refractivity contribution in [2.24, 2.45) is 0 Å². The van der Waals surface area contributed by atoms with Crippen molar-refractivity contribution in [1.82, 2.24) is 10.6 Å². The number of sulfone groups is 1. The summed E-state index contributed by atoms with van der Waals surface area (Å²) in [4.78, 5) is 23.2. The molecule has 1 aromatic carbocycles. The molecule has 0 aromatic heterocycles. The third-order valence-electron chi connectivity index (χ3n) is 3.39. The number of hydrogen-bond acceptors (Lipinski definition) is 5. The highest BCUT2D eigenvalue weighted by molar-refractivity contribution is 7.91. The Hall–Kier alpha value is -1.93. The summed E-state index contributed by atoms with van der Waals surface area (Å²) in [6, 6.07) is 9.07. The quantitative estimate of drug-likeness (QED) is 0.705. The number of benzene rings is 1. The number of amides is 2. The molecule has 1 saturated heterocycles. The Morgan fingerprint density at radius 1 is 1.17 bits per heavy atom. The standard InChI is InChI=1S/C15H20N2O5S/c18-14(17-13-6-7-23(20,21)11-13)8-16-15(19)10-22-9-12-4-2-1-3-5-12/h1-5,13H,6-11H2,(H,16,19)(H,17,18)/t13-/m1/s1. The van der Waals surface area contributed by atoms with Crippen LogP contribution in [0.3, 0.4) is 0 Å². The Labute approximate surface area is 135 Å². The maximum absolute atomic E-state index is 11.6. The monoisotopic (exact) mass is 340 g/mol. The molecule has 0 aliphatic carbocycles. The highest BCUT2D eigenvalue weighted by atomic mass is 32.2. The lowest BCUT2D eigenvalue weighted by atomic mass is 10.2. The summed E-state index contributed by atoms with van der Waals surface area (Å²) >= 11 is 0. The van der Waals surface area contributed by atoms with E-state index in [1.807, 2.05) is 30.3 Å². The first-order chi connectivity index (χ1) is 10.9. The Kier molecular flexibility index (Phi) is 6.12. The Bertz CT molecular complexity index is 645. The largest absolute Gasteiger partial charge is 0.367 e. The number of hydrogen-bond donors (Lipinski definition) is 2. The van der Waals surface area contributed by atoms with E-state index in [0.717, 1.165) is 5.56 Å². The fourth-order valence-electron chi connectivity index (χ4n) is 2.25. The average Bonchev–Trinajstić information content (AvgIpc) is 2.85. The average molecular weight is 340 g/mol. The van der Waals surface area contributed by atoms with Crippen LogP contribution in [-0.2, 0) is 30.8 Å². The maximum atomic E-state index is 11.6. The van der Waals surface area contributed by atoms with Gasteiger partial charge < -0.3 is 15.4 Å². The van der Waals surface area contributed by atoms with Crippen LogP contribution in [0.2, 0.25) is 0 Å². The first-order valence-corrected chi connectivity index (χ1v) is 9.15. The molecule has 1 heterocycles. The second-order valence-corrected chi connectivity index (χ2v) is 7.65. The lowest BCUT2D eigenvalue weighted by Crippen LogP contribution is -2.43. The van der Waals surface area contributed by atoms with Crippen molar-refractivity contribution in [1.29, 1.82) is 0 Å². The maximum Gasteiger partial charge on any atom is 0.246 e. The van der Waals surface area contributed by atoms with E-state index in [2.05, 4.69) is 10.6 Å². The van der Waals surface area contributed by atoms with Crippen LogP contribution in [0.4, 0.5) is 0 Å². The molecule has 1 fully saturated rings. The molecule has 1 aliphatic rings. The summed E-state index contributed by atoms with van der Waals surface area (Å²) < 4.78 is 27.8. The third-order valence-corrected chi connectivity index (χ3v) is 5.16. The van der Waals surface area contributed by atoms with Crippen LogP contribution in [0.25, 0.3) is 0 Å². The van der Waals surface area contributed by atoms with Crippen molar-refractivity contribution in [2.45, 2.75) is 19.1 Å². The van der Waals surface area contributed by atoms with Crippen molar-refractivity contribution < 1.29 is 22.7 Å². The molecular weight excluding hydrogens is 320 g/mol. The van der Waals surface area contributed by atoms with Gasteiger partial charge in [-0.05, 0) is 12.0 Å². The van der Waals surface area contributed by atoms with Crippen LogP contribution in [0.15, 0.2) is 30.3 Å². The molecule has 0 spiro atoms. The third kappa shape index (κ3) is 6.37. The molecule has 1 aromatic rings. The van der Waals surface area contributed by atoms with E-state index in [-0.39, 0.29) is 30.7 Å². The molecule has 1 atom stereocenters. The predicted octanol–water partition coefficient (Wildman–Crippen LogP) is -0.377. The van der Waals surface area contributed by atoms with Crippen molar-refractivity contribution in [2.75, 3.05) is 24.7 Å². The van der Waals surface area contributed by atoms with Gasteiger partial charge in [0.05, 0.1) is 24.7 Å². The smallest absolute Gasteiger partial charge is 0.246 e. The molecule has 0 radical (unpaired) electrons. The first-order valence-electron chi connectivity index (χ1n) is 7.33. The number of carbonyl (C=O) groups excluding carboxylic acids is 2. The van der Waals surface area contributed by atoms with Crippen LogP contribution in [0.1, 0.15) is 12.0 Å². The van der Waals surface area contributed by atoms with Crippen molar-refractivity contribution in [3.8, 4) is 0 Å². The van der Waals surface area contributed by atoms with Crippen molar-refractivity contribution in [3.05, 3.63) is 35.9 Å². The molecule has 2 N–H and O–H groups in total. The van der Waals surface area contributed by atoms with Gasteiger partial charge in [-0.25, -0.2) is 8.42 Å². The zero-order valence-corrected chi connectivity index (χ0v) is 13.5. The fraction of sp³-hybridized carbons (Fsp3) is 0.467. The molecule has 7 nitrogen and oxygen atoms in total. The van der Waals surface area contributed by atoms with E-state index in [9.17, 15) is 18.0 Å². The summed E-state index contributed by atoms with van der Waals surface area (Å²) in [7, 11) is -3.03. The number of ether oxygens (including phenoxy) is 1. The highest BCUT2D eigenvalue weighted by Gasteiger charge is 2.28. The second-order valence-electron chi connectivity index (χ2n) is 5.42. The number of carbonyl (C=O) groups is 2. The van der Waals surface area contributed by atoms with E-state index in [0.29, 0.717) is 13.0 Å². The van der Waals surface area contributed by atoms with E-state index >= 15 is 0 Å². The van der Waals surface area contributed by atoms with Gasteiger partial charge in [-0.3, -0.25) is 9.59 Å². The molecule has 2 amide bonds. The molecule has 2 rings (SSSR count). The normalized spacial score (nSPS) is 19.2. The minimum atomic E-state index is -3.03. The van der Waals surface area contributed by atoms with Crippen molar-refractivity contribution >= 4 is 21.7 Å². The van der Waals surface area contributed by atoms with Crippen LogP contribution in [-0.4, -0.2) is 50.9 Å². The minimum Gasteiger partial charge on any atom is -0.367 e. The van der Waals surface area contributed by atoms with E-state index in [1.165, 1.54) is 0 Å². The molecule has 0 bridgehead atoms. The Morgan fingerprint density at radius 3 is 2.57 bits per heavy atom. The lowest BCUT2D eigenvalue weighted by Gasteiger charge is -2.11. The highest BCUT2D eigenvalue weighted by Crippen LogP contribution is 2.10. The topological polar surface area (TPSA) is 102 Å². The van der Waals surface area contributed by atoms with Gasteiger partial charge in [-0.1, -0.05) is 30.3 Å². The van der Waals surface area contributed by atoms with Gasteiger partial charge in [-0.15, -0.1) is 0 Å². The van der Waals surface area contributed by atoms with Gasteiger partial charge in [0.1, 0.15) is 6.61 Å². The van der Waals surface area contributed by atoms with Crippen LogP contribution in [0, 0.1) is 0 Å². The summed E-state index contributed by atoms with van der Waals surface area (Å²) in [6.45, 7) is -0.00947. The predicted molar refractivity (Wildman–Crippen MR) is 84.3 cm³/mol. The Balaban J connectivity index is 1.59. The van der Waals surface area contributed by atoms with E-state index in [1.54, 1.807) is 0 Å². The molecule has 8 heteroatoms. The number of rotatable bonds is 7. The van der Waals surface area contributed by atoms with Gasteiger partial charge in [0, 0.05) is 6.04 Å². The Morgan fingerprint density at radius 2 is 1.91 bits per heavy atom. The van der Waals surface area contributed by atoms with Crippen molar-refractivity contribution in [3.63, 3.8) is 0 Å². The zero-order valence-electron chi connectivity index (χ0n) is 12.7. The first kappa shape index (κ1) is 17.4. The van der Waals surface area contributed by atoms with Gasteiger partial charge in [-0.2, -0.15) is 0 Å². The van der Waals surface area contributed by atoms with Crippen LogP contribution < -0.4 is 10.6 Å². The summed E-state index contributed by atoms with van der Waals surface area (Å²) in [5.41, 5.74) is 0.959. The molecule has 1 aliphatic heterocycles. The number of nitrogens with one attached hydrogen (secondary N) is 2. The lowest BCUT2D eigenvalue weighted by molar-refractivity contribution is -0.129. The van der Waals surface area contributed by atoms with E-state index in [4.69, 9.17) is 4.74 Å². The molecule has 126 valence electrons. The summed E-state index contributed by atoms with van der Waals surface area (Å²) in [6.07, 6.45) is 0.419. The minimum absolute atomic E-state index is 0.0348.